The molecule has 4 atom stereocenters. The number of carbonyl (C=O) groups is 2. The fourth-order valence-corrected chi connectivity index (χ4v) is 5.74. The lowest BCUT2D eigenvalue weighted by molar-refractivity contribution is -0.141. The summed E-state index contributed by atoms with van der Waals surface area (Å²) in [5.74, 6) is -0.167. The van der Waals surface area contributed by atoms with Crippen molar-refractivity contribution < 1.29 is 19.1 Å². The molecule has 2 aromatic rings. The molecule has 2 amide bonds. The summed E-state index contributed by atoms with van der Waals surface area (Å²) >= 11 is 0. The number of hydrogen-bond acceptors (Lipinski definition) is 7. The van der Waals surface area contributed by atoms with Crippen LogP contribution in [0.3, 0.4) is 0 Å². The first-order valence-electron chi connectivity index (χ1n) is 16.5. The third-order valence-corrected chi connectivity index (χ3v) is 8.57. The van der Waals surface area contributed by atoms with Gasteiger partial charge in [-0.05, 0) is 56.2 Å². The third-order valence-electron chi connectivity index (χ3n) is 8.57. The van der Waals surface area contributed by atoms with E-state index < -0.39 is 11.5 Å². The smallest absolute Gasteiger partial charge is 0.245 e. The highest BCUT2D eigenvalue weighted by molar-refractivity contribution is 5.90. The number of rotatable bonds is 19. The summed E-state index contributed by atoms with van der Waals surface area (Å²) < 4.78 is 11.7. The summed E-state index contributed by atoms with van der Waals surface area (Å²) in [6.45, 7) is 12.5. The molecule has 9 nitrogen and oxygen atoms in total. The van der Waals surface area contributed by atoms with Gasteiger partial charge in [0.15, 0.2) is 0 Å². The van der Waals surface area contributed by atoms with Gasteiger partial charge in [0.25, 0.3) is 0 Å². The number of ether oxygens (including phenoxy) is 2. The Kier molecular flexibility index (Phi) is 15.5. The van der Waals surface area contributed by atoms with Crippen molar-refractivity contribution in [3.8, 4) is 0 Å². The van der Waals surface area contributed by atoms with Gasteiger partial charge in [-0.1, -0.05) is 81.4 Å². The molecule has 0 bridgehead atoms. The average molecular weight is 624 g/mol. The Morgan fingerprint density at radius 1 is 1.04 bits per heavy atom. The molecule has 9 heteroatoms. The summed E-state index contributed by atoms with van der Waals surface area (Å²) in [5.41, 5.74) is 2.12. The predicted molar refractivity (Wildman–Crippen MR) is 181 cm³/mol. The van der Waals surface area contributed by atoms with Crippen LogP contribution in [0.4, 0.5) is 0 Å². The maximum Gasteiger partial charge on any atom is 0.245 e. The van der Waals surface area contributed by atoms with E-state index in [1.807, 2.05) is 37.8 Å². The summed E-state index contributed by atoms with van der Waals surface area (Å²) in [6.07, 6.45) is 3.64. The first-order chi connectivity index (χ1) is 21.6. The third kappa shape index (κ3) is 12.5. The lowest BCUT2D eigenvalue weighted by atomic mass is 9.85. The zero-order chi connectivity index (χ0) is 32.7. The highest BCUT2D eigenvalue weighted by Gasteiger charge is 2.40. The van der Waals surface area contributed by atoms with Gasteiger partial charge in [-0.15, -0.1) is 0 Å². The second-order valence-corrected chi connectivity index (χ2v) is 13.3. The van der Waals surface area contributed by atoms with Gasteiger partial charge in [-0.25, -0.2) is 0 Å². The number of likely N-dealkylation sites (N-methyl/N-ethyl adjacent to an activating group) is 1. The minimum atomic E-state index is -0.604. The van der Waals surface area contributed by atoms with Gasteiger partial charge in [-0.2, -0.15) is 0 Å². The molecule has 2 aromatic carbocycles. The Bertz CT molecular complexity index is 1130. The Hall–Kier alpha value is -2.82. The molecule has 0 unspecified atom stereocenters. The van der Waals surface area contributed by atoms with E-state index in [9.17, 15) is 9.59 Å². The number of methoxy groups -OCH3 is 1. The fourth-order valence-electron chi connectivity index (χ4n) is 5.74. The normalized spacial score (nSPS) is 17.3. The molecule has 3 rings (SSSR count). The molecule has 0 saturated carbocycles. The van der Waals surface area contributed by atoms with Crippen molar-refractivity contribution in [3.63, 3.8) is 0 Å². The standard InChI is InChI=1S/C36H57N5O4/c1-28(37-5)34(42)39-33(36(2,3)4)35(43)41-21-13-18-32(41)25-40(22-19-29-14-9-7-10-15-29)27-45-26-31(38-20-23-44-6)24-30-16-11-8-12-17-30/h7-12,14-17,28,31-33,37-38H,13,18-27H2,1-6H3,(H,39,42)/t28-,31+,32-,33+/m0/s1. The molecule has 45 heavy (non-hydrogen) atoms. The van der Waals surface area contributed by atoms with Crippen LogP contribution in [0, 0.1) is 5.41 Å². The van der Waals surface area contributed by atoms with Gasteiger partial charge in [0.05, 0.1) is 26.0 Å². The molecule has 250 valence electrons. The number of likely N-dealkylation sites (tertiary alicyclic amines) is 1. The van der Waals surface area contributed by atoms with Crippen LogP contribution in [0.5, 0.6) is 0 Å². The van der Waals surface area contributed by atoms with Gasteiger partial charge in [0.1, 0.15) is 6.04 Å². The molecule has 0 radical (unpaired) electrons. The molecule has 0 aliphatic carbocycles. The molecule has 1 aliphatic rings. The average Bonchev–Trinajstić information content (AvgIpc) is 3.50. The SMILES string of the molecule is CN[C@@H](C)C(=O)N[C@H](C(=O)N1CCC[C@H]1CN(CCc1ccccc1)COC[C@@H](Cc1ccccc1)NCCOC)C(C)(C)C. The van der Waals surface area contributed by atoms with Gasteiger partial charge in [-0.3, -0.25) is 14.5 Å². The monoisotopic (exact) mass is 623 g/mol. The number of carbonyl (C=O) groups excluding carboxylic acids is 2. The van der Waals surface area contributed by atoms with E-state index >= 15 is 0 Å². The minimum absolute atomic E-state index is 0.00384. The van der Waals surface area contributed by atoms with Crippen LogP contribution in [0.1, 0.15) is 51.7 Å². The second kappa shape index (κ2) is 19.0. The van der Waals surface area contributed by atoms with E-state index in [-0.39, 0.29) is 29.9 Å². The lowest BCUT2D eigenvalue weighted by Gasteiger charge is -2.37. The summed E-state index contributed by atoms with van der Waals surface area (Å²) in [4.78, 5) is 31.2. The molecule has 1 saturated heterocycles. The van der Waals surface area contributed by atoms with Crippen LogP contribution < -0.4 is 16.0 Å². The van der Waals surface area contributed by atoms with Crippen molar-refractivity contribution in [2.45, 2.75) is 77.5 Å². The van der Waals surface area contributed by atoms with E-state index in [2.05, 4.69) is 69.4 Å². The Morgan fingerprint density at radius 3 is 2.33 bits per heavy atom. The largest absolute Gasteiger partial charge is 0.383 e. The zero-order valence-corrected chi connectivity index (χ0v) is 28.4. The Labute approximate surface area is 271 Å². The van der Waals surface area contributed by atoms with Crippen LogP contribution in [0.2, 0.25) is 0 Å². The molecular formula is C36H57N5O4. The van der Waals surface area contributed by atoms with E-state index in [0.717, 1.165) is 45.3 Å². The molecule has 0 aromatic heterocycles. The summed E-state index contributed by atoms with van der Waals surface area (Å²) in [5, 5.41) is 9.61. The molecule has 3 N–H and O–H groups in total. The van der Waals surface area contributed by atoms with E-state index in [4.69, 9.17) is 9.47 Å². The number of benzene rings is 2. The number of nitrogens with one attached hydrogen (secondary N) is 3. The quantitative estimate of drug-likeness (QED) is 0.163. The number of amides is 2. The second-order valence-electron chi connectivity index (χ2n) is 13.3. The first kappa shape index (κ1) is 36.6. The van der Waals surface area contributed by atoms with Gasteiger partial charge >= 0.3 is 0 Å². The first-order valence-corrected chi connectivity index (χ1v) is 16.5. The summed E-state index contributed by atoms with van der Waals surface area (Å²) in [6, 6.07) is 20.2. The van der Waals surface area contributed by atoms with Crippen molar-refractivity contribution in [3.05, 3.63) is 71.8 Å². The van der Waals surface area contributed by atoms with Crippen molar-refractivity contribution in [2.75, 3.05) is 60.3 Å². The summed E-state index contributed by atoms with van der Waals surface area (Å²) in [7, 11) is 3.47. The van der Waals surface area contributed by atoms with E-state index in [1.165, 1.54) is 11.1 Å². The zero-order valence-electron chi connectivity index (χ0n) is 28.4. The number of nitrogens with zero attached hydrogens (tertiary/aromatic N) is 2. The topological polar surface area (TPSA) is 95.2 Å². The van der Waals surface area contributed by atoms with Crippen LogP contribution in [0.15, 0.2) is 60.7 Å². The maximum absolute atomic E-state index is 14.0. The van der Waals surface area contributed by atoms with Crippen LogP contribution in [0.25, 0.3) is 0 Å². The van der Waals surface area contributed by atoms with E-state index in [1.54, 1.807) is 21.1 Å². The predicted octanol–water partition coefficient (Wildman–Crippen LogP) is 3.48. The van der Waals surface area contributed by atoms with Crippen LogP contribution >= 0.6 is 0 Å². The Morgan fingerprint density at radius 2 is 1.71 bits per heavy atom. The van der Waals surface area contributed by atoms with Crippen molar-refractivity contribution >= 4 is 11.8 Å². The molecule has 1 fully saturated rings. The van der Waals surface area contributed by atoms with Gasteiger partial charge < -0.3 is 30.3 Å². The van der Waals surface area contributed by atoms with Gasteiger partial charge in [0, 0.05) is 45.4 Å². The fraction of sp³-hybridized carbons (Fsp3) is 0.611. The van der Waals surface area contributed by atoms with Gasteiger partial charge in [0.2, 0.25) is 11.8 Å². The van der Waals surface area contributed by atoms with Crippen LogP contribution in [-0.4, -0.2) is 106 Å². The number of hydrogen-bond donors (Lipinski definition) is 3. The molecule has 1 heterocycles. The maximum atomic E-state index is 14.0. The molecule has 1 aliphatic heterocycles. The van der Waals surface area contributed by atoms with Crippen molar-refractivity contribution in [2.24, 2.45) is 5.41 Å². The molecular weight excluding hydrogens is 566 g/mol. The molecule has 0 spiro atoms. The van der Waals surface area contributed by atoms with Crippen molar-refractivity contribution in [1.29, 1.82) is 0 Å². The highest BCUT2D eigenvalue weighted by Crippen LogP contribution is 2.26. The van der Waals surface area contributed by atoms with Crippen molar-refractivity contribution in [1.82, 2.24) is 25.8 Å². The lowest BCUT2D eigenvalue weighted by Crippen LogP contribution is -2.59. The van der Waals surface area contributed by atoms with Crippen LogP contribution in [-0.2, 0) is 31.9 Å². The van der Waals surface area contributed by atoms with E-state index in [0.29, 0.717) is 26.5 Å². The highest BCUT2D eigenvalue weighted by atomic mass is 16.5. The Balaban J connectivity index is 1.70. The minimum Gasteiger partial charge on any atom is -0.383 e.